The number of aliphatic imine (C=N–C) groups is 1. The highest BCUT2D eigenvalue weighted by atomic mass is 19.1. The molecule has 0 bridgehead atoms. The van der Waals surface area contributed by atoms with Gasteiger partial charge in [-0.1, -0.05) is 6.07 Å². The van der Waals surface area contributed by atoms with Crippen molar-refractivity contribution in [3.63, 3.8) is 0 Å². The van der Waals surface area contributed by atoms with Crippen LogP contribution < -0.4 is 24.8 Å². The van der Waals surface area contributed by atoms with Gasteiger partial charge in [-0.25, -0.2) is 4.39 Å². The lowest BCUT2D eigenvalue weighted by atomic mass is 10.2. The first-order valence-electron chi connectivity index (χ1n) is 8.22. The summed E-state index contributed by atoms with van der Waals surface area (Å²) in [7, 11) is 4.70. The zero-order valence-corrected chi connectivity index (χ0v) is 15.4. The van der Waals surface area contributed by atoms with E-state index in [2.05, 4.69) is 15.6 Å². The lowest BCUT2D eigenvalue weighted by molar-refractivity contribution is 0.311. The highest BCUT2D eigenvalue weighted by Crippen LogP contribution is 2.30. The number of guanidine groups is 1. The normalized spacial score (nSPS) is 11.0. The number of hydrogen-bond acceptors (Lipinski definition) is 4. The molecule has 0 amide bonds. The molecule has 0 unspecified atom stereocenters. The average molecular weight is 361 g/mol. The van der Waals surface area contributed by atoms with Crippen LogP contribution in [0.25, 0.3) is 0 Å². The summed E-state index contributed by atoms with van der Waals surface area (Å²) in [5, 5.41) is 6.31. The first-order chi connectivity index (χ1) is 12.6. The molecule has 0 saturated carbocycles. The van der Waals surface area contributed by atoms with E-state index in [-0.39, 0.29) is 5.75 Å². The van der Waals surface area contributed by atoms with Gasteiger partial charge in [0.15, 0.2) is 29.0 Å². The van der Waals surface area contributed by atoms with Crippen molar-refractivity contribution >= 4 is 11.6 Å². The van der Waals surface area contributed by atoms with Gasteiger partial charge in [-0.05, 0) is 36.8 Å². The van der Waals surface area contributed by atoms with E-state index >= 15 is 0 Å². The van der Waals surface area contributed by atoms with Crippen LogP contribution in [0.2, 0.25) is 0 Å². The molecule has 0 heterocycles. The smallest absolute Gasteiger partial charge is 0.195 e. The van der Waals surface area contributed by atoms with E-state index < -0.39 is 5.82 Å². The Hall–Kier alpha value is -2.96. The molecule has 2 N–H and O–H groups in total. The minimum Gasteiger partial charge on any atom is -0.494 e. The van der Waals surface area contributed by atoms with Crippen molar-refractivity contribution in [3.05, 3.63) is 47.8 Å². The number of nitrogens with zero attached hydrogens (tertiary/aromatic N) is 1. The minimum atomic E-state index is -0.397. The van der Waals surface area contributed by atoms with Gasteiger partial charge >= 0.3 is 0 Å². The predicted molar refractivity (Wildman–Crippen MR) is 101 cm³/mol. The summed E-state index contributed by atoms with van der Waals surface area (Å²) >= 11 is 0. The van der Waals surface area contributed by atoms with Crippen LogP contribution in [0.4, 0.5) is 10.1 Å². The fourth-order valence-electron chi connectivity index (χ4n) is 2.34. The van der Waals surface area contributed by atoms with Gasteiger partial charge in [0.05, 0.1) is 20.8 Å². The number of rotatable bonds is 7. The maximum Gasteiger partial charge on any atom is 0.195 e. The highest BCUT2D eigenvalue weighted by molar-refractivity contribution is 5.93. The molecular formula is C19H24FN3O3. The van der Waals surface area contributed by atoms with Crippen LogP contribution in [-0.4, -0.2) is 33.8 Å². The highest BCUT2D eigenvalue weighted by Gasteiger charge is 2.08. The van der Waals surface area contributed by atoms with Gasteiger partial charge < -0.3 is 24.8 Å². The zero-order chi connectivity index (χ0) is 18.9. The molecule has 6 nitrogen and oxygen atoms in total. The van der Waals surface area contributed by atoms with Crippen molar-refractivity contribution in [2.45, 2.75) is 13.5 Å². The summed E-state index contributed by atoms with van der Waals surface area (Å²) in [4.78, 5) is 4.18. The van der Waals surface area contributed by atoms with Crippen LogP contribution in [0.15, 0.2) is 41.4 Å². The number of nitrogens with one attached hydrogen (secondary N) is 2. The van der Waals surface area contributed by atoms with E-state index in [1.807, 2.05) is 25.1 Å². The van der Waals surface area contributed by atoms with Gasteiger partial charge in [0.2, 0.25) is 0 Å². The Morgan fingerprint density at radius 3 is 2.38 bits per heavy atom. The van der Waals surface area contributed by atoms with Gasteiger partial charge in [-0.2, -0.15) is 0 Å². The molecule has 0 radical (unpaired) electrons. The van der Waals surface area contributed by atoms with Crippen molar-refractivity contribution in [2.75, 3.05) is 33.2 Å². The molecule has 0 aliphatic heterocycles. The minimum absolute atomic E-state index is 0.220. The summed E-state index contributed by atoms with van der Waals surface area (Å²) in [6, 6.07) is 10.3. The second kappa shape index (κ2) is 9.50. The quantitative estimate of drug-likeness (QED) is 0.584. The summed E-state index contributed by atoms with van der Waals surface area (Å²) in [6.45, 7) is 2.86. The Balaban J connectivity index is 2.03. The van der Waals surface area contributed by atoms with Crippen LogP contribution in [0, 0.1) is 5.82 Å². The Morgan fingerprint density at radius 1 is 1.04 bits per heavy atom. The van der Waals surface area contributed by atoms with Crippen molar-refractivity contribution in [1.82, 2.24) is 5.32 Å². The maximum absolute atomic E-state index is 13.8. The van der Waals surface area contributed by atoms with Crippen molar-refractivity contribution < 1.29 is 18.6 Å². The molecule has 140 valence electrons. The number of ether oxygens (including phenoxy) is 3. The molecule has 0 aliphatic carbocycles. The summed E-state index contributed by atoms with van der Waals surface area (Å²) < 4.78 is 29.5. The van der Waals surface area contributed by atoms with E-state index in [1.165, 1.54) is 13.2 Å². The summed E-state index contributed by atoms with van der Waals surface area (Å²) in [5.74, 6) is 1.68. The maximum atomic E-state index is 13.8. The Kier molecular flexibility index (Phi) is 7.08. The predicted octanol–water partition coefficient (Wildman–Crippen LogP) is 3.43. The number of benzene rings is 2. The SMILES string of the molecule is CCOc1cc(NC(=NC)NCc2ccc(OC)c(F)c2)ccc1OC. The van der Waals surface area contributed by atoms with Gasteiger partial charge in [-0.15, -0.1) is 0 Å². The van der Waals surface area contributed by atoms with Crippen molar-refractivity contribution in [1.29, 1.82) is 0 Å². The van der Waals surface area contributed by atoms with E-state index in [1.54, 1.807) is 26.3 Å². The molecule has 0 aliphatic rings. The number of halogens is 1. The third kappa shape index (κ3) is 5.02. The summed E-state index contributed by atoms with van der Waals surface area (Å²) in [6.07, 6.45) is 0. The first kappa shape index (κ1) is 19.4. The van der Waals surface area contributed by atoms with Crippen LogP contribution in [0.3, 0.4) is 0 Å². The van der Waals surface area contributed by atoms with E-state index in [0.717, 1.165) is 11.3 Å². The number of methoxy groups -OCH3 is 2. The molecule has 2 aromatic rings. The monoisotopic (exact) mass is 361 g/mol. The molecular weight excluding hydrogens is 337 g/mol. The average Bonchev–Trinajstić information content (AvgIpc) is 2.65. The largest absolute Gasteiger partial charge is 0.494 e. The molecule has 2 rings (SSSR count). The van der Waals surface area contributed by atoms with Crippen LogP contribution >= 0.6 is 0 Å². The second-order valence-corrected chi connectivity index (χ2v) is 5.32. The van der Waals surface area contributed by atoms with Crippen LogP contribution in [-0.2, 0) is 6.54 Å². The molecule has 0 spiro atoms. The van der Waals surface area contributed by atoms with Crippen LogP contribution in [0.5, 0.6) is 17.2 Å². The van der Waals surface area contributed by atoms with Gasteiger partial charge in [-0.3, -0.25) is 4.99 Å². The van der Waals surface area contributed by atoms with Crippen molar-refractivity contribution in [2.24, 2.45) is 4.99 Å². The zero-order valence-electron chi connectivity index (χ0n) is 15.4. The van der Waals surface area contributed by atoms with Crippen LogP contribution in [0.1, 0.15) is 12.5 Å². The fraction of sp³-hybridized carbons (Fsp3) is 0.316. The van der Waals surface area contributed by atoms with Crippen molar-refractivity contribution in [3.8, 4) is 17.2 Å². The van der Waals surface area contributed by atoms with Gasteiger partial charge in [0, 0.05) is 25.3 Å². The lowest BCUT2D eigenvalue weighted by Gasteiger charge is -2.15. The Morgan fingerprint density at radius 2 is 1.77 bits per heavy atom. The van der Waals surface area contributed by atoms with E-state index in [4.69, 9.17) is 14.2 Å². The first-order valence-corrected chi connectivity index (χ1v) is 8.22. The molecule has 0 saturated heterocycles. The molecule has 0 aromatic heterocycles. The Bertz CT molecular complexity index is 766. The summed E-state index contributed by atoms with van der Waals surface area (Å²) in [5.41, 5.74) is 1.57. The molecule has 2 aromatic carbocycles. The standard InChI is InChI=1S/C19H24FN3O3/c1-5-26-18-11-14(7-9-17(18)25-4)23-19(21-2)22-12-13-6-8-16(24-3)15(20)10-13/h6-11H,5,12H2,1-4H3,(H2,21,22,23). The molecule has 0 atom stereocenters. The molecule has 26 heavy (non-hydrogen) atoms. The van der Waals surface area contributed by atoms with E-state index in [9.17, 15) is 4.39 Å². The fourth-order valence-corrected chi connectivity index (χ4v) is 2.34. The van der Waals surface area contributed by atoms with E-state index in [0.29, 0.717) is 30.6 Å². The number of hydrogen-bond donors (Lipinski definition) is 2. The third-order valence-corrected chi connectivity index (χ3v) is 3.63. The number of anilines is 1. The second-order valence-electron chi connectivity index (χ2n) is 5.32. The topological polar surface area (TPSA) is 64.1 Å². The molecule has 7 heteroatoms. The Labute approximate surface area is 153 Å². The lowest BCUT2D eigenvalue weighted by Crippen LogP contribution is -2.30. The van der Waals surface area contributed by atoms with Gasteiger partial charge in [0.1, 0.15) is 0 Å². The third-order valence-electron chi connectivity index (χ3n) is 3.63. The van der Waals surface area contributed by atoms with Gasteiger partial charge in [0.25, 0.3) is 0 Å². The molecule has 0 fully saturated rings.